The van der Waals surface area contributed by atoms with Crippen LogP contribution in [-0.4, -0.2) is 41.0 Å². The molecule has 3 fully saturated rings. The van der Waals surface area contributed by atoms with Crippen molar-refractivity contribution < 1.29 is 23.9 Å². The molecule has 3 aliphatic rings. The van der Waals surface area contributed by atoms with E-state index >= 15 is 0 Å². The van der Waals surface area contributed by atoms with Crippen molar-refractivity contribution in [2.45, 2.75) is 45.0 Å². The summed E-state index contributed by atoms with van der Waals surface area (Å²) in [7, 11) is 0. The van der Waals surface area contributed by atoms with Gasteiger partial charge in [0.1, 0.15) is 5.75 Å². The third kappa shape index (κ3) is 2.59. The van der Waals surface area contributed by atoms with E-state index < -0.39 is 23.8 Å². The summed E-state index contributed by atoms with van der Waals surface area (Å²) in [5, 5.41) is 0.862. The average molecular weight is 344 g/mol. The van der Waals surface area contributed by atoms with Crippen LogP contribution in [0.25, 0.3) is 0 Å². The summed E-state index contributed by atoms with van der Waals surface area (Å²) in [5.74, 6) is -1.65. The van der Waals surface area contributed by atoms with Gasteiger partial charge in [-0.05, 0) is 38.8 Å². The Balaban J connectivity index is 1.41. The molecule has 132 valence electrons. The maximum atomic E-state index is 12.5. The first-order chi connectivity index (χ1) is 12.0. The van der Waals surface area contributed by atoms with Crippen molar-refractivity contribution in [1.82, 2.24) is 10.4 Å². The second-order valence-electron chi connectivity index (χ2n) is 6.90. The number of imide groups is 1. The Bertz CT molecular complexity index is 703. The number of aryl methyl sites for hydroxylation is 1. The lowest BCUT2D eigenvalue weighted by molar-refractivity contribution is -0.153. The summed E-state index contributed by atoms with van der Waals surface area (Å²) >= 11 is 0. The molecule has 3 amide bonds. The van der Waals surface area contributed by atoms with Gasteiger partial charge < -0.3 is 9.47 Å². The molecule has 1 aromatic rings. The van der Waals surface area contributed by atoms with Crippen LogP contribution < -0.4 is 10.2 Å². The molecule has 3 aliphatic heterocycles. The predicted octanol–water partition coefficient (Wildman–Crippen LogP) is 0.956. The Labute approximate surface area is 145 Å². The van der Waals surface area contributed by atoms with E-state index in [0.29, 0.717) is 5.75 Å². The predicted molar refractivity (Wildman–Crippen MR) is 86.1 cm³/mol. The lowest BCUT2D eigenvalue weighted by Gasteiger charge is -2.21. The Morgan fingerprint density at radius 2 is 1.72 bits per heavy atom. The van der Waals surface area contributed by atoms with Gasteiger partial charge in [0.25, 0.3) is 17.7 Å². The maximum absolute atomic E-state index is 12.5. The average Bonchev–Trinajstić information content (AvgIpc) is 3.26. The van der Waals surface area contributed by atoms with Crippen LogP contribution >= 0.6 is 0 Å². The van der Waals surface area contributed by atoms with E-state index in [1.54, 1.807) is 19.1 Å². The SMILES string of the molecule is Cc1ccc(O[C@H](C)C(=O)NN2C(=O)[C@@H]3[C@H](C2=O)[C@@H]2CC[C@H]3O2)cc1. The summed E-state index contributed by atoms with van der Waals surface area (Å²) in [6, 6.07) is 7.30. The first kappa shape index (κ1) is 16.1. The van der Waals surface area contributed by atoms with Crippen LogP contribution in [0, 0.1) is 18.8 Å². The maximum Gasteiger partial charge on any atom is 0.279 e. The van der Waals surface area contributed by atoms with Crippen LogP contribution in [0.15, 0.2) is 24.3 Å². The highest BCUT2D eigenvalue weighted by molar-refractivity contribution is 6.07. The van der Waals surface area contributed by atoms with Crippen molar-refractivity contribution in [2.75, 3.05) is 0 Å². The number of nitrogens with zero attached hydrogens (tertiary/aromatic N) is 1. The molecule has 0 unspecified atom stereocenters. The molecule has 0 aliphatic carbocycles. The van der Waals surface area contributed by atoms with E-state index in [4.69, 9.17) is 9.47 Å². The molecule has 3 heterocycles. The molecule has 7 heteroatoms. The highest BCUT2D eigenvalue weighted by atomic mass is 16.5. The van der Waals surface area contributed by atoms with Crippen LogP contribution in [0.2, 0.25) is 0 Å². The smallest absolute Gasteiger partial charge is 0.279 e. The van der Waals surface area contributed by atoms with Crippen molar-refractivity contribution in [2.24, 2.45) is 11.8 Å². The first-order valence-electron chi connectivity index (χ1n) is 8.53. The van der Waals surface area contributed by atoms with Gasteiger partial charge in [0.15, 0.2) is 6.10 Å². The number of benzene rings is 1. The number of hydrogen-bond donors (Lipinski definition) is 1. The Hall–Kier alpha value is -2.41. The fourth-order valence-electron chi connectivity index (χ4n) is 3.90. The minimum atomic E-state index is -0.836. The molecule has 0 spiro atoms. The molecular weight excluding hydrogens is 324 g/mol. The molecule has 1 aromatic carbocycles. The number of carbonyl (C=O) groups is 3. The van der Waals surface area contributed by atoms with Crippen LogP contribution in [-0.2, 0) is 19.1 Å². The second-order valence-corrected chi connectivity index (χ2v) is 6.90. The second kappa shape index (κ2) is 5.84. The van der Waals surface area contributed by atoms with E-state index in [1.165, 1.54) is 0 Å². The number of amides is 3. The van der Waals surface area contributed by atoms with Crippen molar-refractivity contribution in [1.29, 1.82) is 0 Å². The monoisotopic (exact) mass is 344 g/mol. The topological polar surface area (TPSA) is 84.9 Å². The zero-order valence-electron chi connectivity index (χ0n) is 14.1. The van der Waals surface area contributed by atoms with Gasteiger partial charge in [-0.1, -0.05) is 17.7 Å². The number of ether oxygens (including phenoxy) is 2. The molecule has 4 rings (SSSR count). The normalized spacial score (nSPS) is 31.2. The molecule has 25 heavy (non-hydrogen) atoms. The number of fused-ring (bicyclic) bond motifs is 5. The minimum absolute atomic E-state index is 0.199. The van der Waals surface area contributed by atoms with E-state index in [0.717, 1.165) is 23.4 Å². The van der Waals surface area contributed by atoms with Gasteiger partial charge in [0.2, 0.25) is 0 Å². The summed E-state index contributed by atoms with van der Waals surface area (Å²) in [5.41, 5.74) is 3.51. The van der Waals surface area contributed by atoms with Gasteiger partial charge in [-0.3, -0.25) is 19.8 Å². The van der Waals surface area contributed by atoms with Crippen LogP contribution in [0.3, 0.4) is 0 Å². The van der Waals surface area contributed by atoms with E-state index in [2.05, 4.69) is 5.43 Å². The van der Waals surface area contributed by atoms with Gasteiger partial charge >= 0.3 is 0 Å². The molecule has 0 radical (unpaired) electrons. The van der Waals surface area contributed by atoms with Crippen molar-refractivity contribution in [3.05, 3.63) is 29.8 Å². The third-order valence-corrected chi connectivity index (χ3v) is 5.21. The lowest BCUT2D eigenvalue weighted by Crippen LogP contribution is -2.51. The molecule has 5 atom stereocenters. The number of hydrogen-bond acceptors (Lipinski definition) is 5. The van der Waals surface area contributed by atoms with Gasteiger partial charge in [-0.15, -0.1) is 0 Å². The summed E-state index contributed by atoms with van der Waals surface area (Å²) in [6.07, 6.45) is 0.347. The number of hydrazine groups is 1. The van der Waals surface area contributed by atoms with Crippen molar-refractivity contribution in [3.63, 3.8) is 0 Å². The van der Waals surface area contributed by atoms with Gasteiger partial charge in [0, 0.05) is 0 Å². The van der Waals surface area contributed by atoms with Gasteiger partial charge in [0.05, 0.1) is 24.0 Å². The quantitative estimate of drug-likeness (QED) is 0.822. The van der Waals surface area contributed by atoms with Crippen molar-refractivity contribution in [3.8, 4) is 5.75 Å². The molecule has 3 saturated heterocycles. The zero-order valence-corrected chi connectivity index (χ0v) is 14.1. The highest BCUT2D eigenvalue weighted by Gasteiger charge is 2.63. The van der Waals surface area contributed by atoms with E-state index in [9.17, 15) is 14.4 Å². The molecule has 1 N–H and O–H groups in total. The molecule has 0 saturated carbocycles. The standard InChI is InChI=1S/C18H20N2O5/c1-9-3-5-11(6-4-9)24-10(2)16(21)19-20-17(22)14-12-7-8-13(25-12)15(14)18(20)23/h3-6,10,12-15H,7-8H2,1-2H3,(H,19,21)/t10-,12-,13+,14+,15-/m1/s1. The number of nitrogens with one attached hydrogen (secondary N) is 1. The summed E-state index contributed by atoms with van der Waals surface area (Å²) in [4.78, 5) is 37.4. The lowest BCUT2D eigenvalue weighted by atomic mass is 9.81. The minimum Gasteiger partial charge on any atom is -0.481 e. The van der Waals surface area contributed by atoms with Crippen LogP contribution in [0.4, 0.5) is 0 Å². The third-order valence-electron chi connectivity index (χ3n) is 5.21. The van der Waals surface area contributed by atoms with E-state index in [-0.39, 0.29) is 24.0 Å². The zero-order chi connectivity index (χ0) is 17.7. The Morgan fingerprint density at radius 1 is 1.16 bits per heavy atom. The Morgan fingerprint density at radius 3 is 2.28 bits per heavy atom. The number of carbonyl (C=O) groups excluding carboxylic acids is 3. The van der Waals surface area contributed by atoms with Crippen molar-refractivity contribution >= 4 is 17.7 Å². The van der Waals surface area contributed by atoms with Gasteiger partial charge in [-0.2, -0.15) is 5.01 Å². The van der Waals surface area contributed by atoms with Gasteiger partial charge in [-0.25, -0.2) is 0 Å². The fourth-order valence-corrected chi connectivity index (χ4v) is 3.90. The first-order valence-corrected chi connectivity index (χ1v) is 8.53. The summed E-state index contributed by atoms with van der Waals surface area (Å²) < 4.78 is 11.2. The fraction of sp³-hybridized carbons (Fsp3) is 0.500. The molecule has 0 aromatic heterocycles. The largest absolute Gasteiger partial charge is 0.481 e. The van der Waals surface area contributed by atoms with Crippen LogP contribution in [0.5, 0.6) is 5.75 Å². The molecular formula is C18H20N2O5. The number of rotatable bonds is 4. The summed E-state index contributed by atoms with van der Waals surface area (Å²) in [6.45, 7) is 3.53. The molecule has 2 bridgehead atoms. The highest BCUT2D eigenvalue weighted by Crippen LogP contribution is 2.47. The van der Waals surface area contributed by atoms with Crippen LogP contribution in [0.1, 0.15) is 25.3 Å². The Kier molecular flexibility index (Phi) is 3.76. The molecule has 7 nitrogen and oxygen atoms in total. The van der Waals surface area contributed by atoms with E-state index in [1.807, 2.05) is 19.1 Å².